The maximum Gasteiger partial charge on any atom is 0.183 e. The van der Waals surface area contributed by atoms with Gasteiger partial charge < -0.3 is 5.32 Å². The van der Waals surface area contributed by atoms with Crippen LogP contribution in [0.2, 0.25) is 0 Å². The molecule has 0 radical (unpaired) electrons. The molecule has 1 aromatic heterocycles. The zero-order chi connectivity index (χ0) is 11.9. The number of hydrogen-bond donors (Lipinski definition) is 1. The molecule has 92 valence electrons. The average molecular weight is 240 g/mol. The third kappa shape index (κ3) is 4.52. The summed E-state index contributed by atoms with van der Waals surface area (Å²) in [4.78, 5) is 4.30. The Labute approximate surface area is 103 Å². The quantitative estimate of drug-likeness (QED) is 0.667. The molecular formula is C13H24N2S. The molecule has 0 aliphatic heterocycles. The molecule has 16 heavy (non-hydrogen) atoms. The van der Waals surface area contributed by atoms with Crippen molar-refractivity contribution < 1.29 is 0 Å². The van der Waals surface area contributed by atoms with Crippen LogP contribution in [0, 0.1) is 0 Å². The van der Waals surface area contributed by atoms with Crippen molar-refractivity contribution in [1.29, 1.82) is 0 Å². The van der Waals surface area contributed by atoms with Crippen LogP contribution in [0.15, 0.2) is 11.6 Å². The van der Waals surface area contributed by atoms with E-state index in [0.29, 0.717) is 0 Å². The predicted molar refractivity (Wildman–Crippen MR) is 73.2 cm³/mol. The number of thiazole rings is 1. The highest BCUT2D eigenvalue weighted by Gasteiger charge is 2.21. The summed E-state index contributed by atoms with van der Waals surface area (Å²) in [6, 6.07) is 0. The molecule has 2 nitrogen and oxygen atoms in total. The van der Waals surface area contributed by atoms with Gasteiger partial charge in [0.25, 0.3) is 0 Å². The Morgan fingerprint density at radius 3 is 2.69 bits per heavy atom. The number of rotatable bonds is 8. The summed E-state index contributed by atoms with van der Waals surface area (Å²) in [5, 5.41) is 6.65. The summed E-state index contributed by atoms with van der Waals surface area (Å²) >= 11 is 1.69. The second kappa shape index (κ2) is 6.89. The van der Waals surface area contributed by atoms with Crippen molar-refractivity contribution in [2.75, 3.05) is 5.32 Å². The summed E-state index contributed by atoms with van der Waals surface area (Å²) < 4.78 is 0. The number of hydrogen-bond acceptors (Lipinski definition) is 3. The molecule has 0 fully saturated rings. The minimum atomic E-state index is 0.214. The van der Waals surface area contributed by atoms with E-state index in [0.717, 1.165) is 11.6 Å². The van der Waals surface area contributed by atoms with E-state index >= 15 is 0 Å². The van der Waals surface area contributed by atoms with Crippen molar-refractivity contribution in [2.45, 2.75) is 64.8 Å². The first-order chi connectivity index (χ1) is 7.70. The van der Waals surface area contributed by atoms with Gasteiger partial charge in [-0.15, -0.1) is 11.3 Å². The first-order valence-electron chi connectivity index (χ1n) is 6.38. The molecule has 0 amide bonds. The lowest BCUT2D eigenvalue weighted by Crippen LogP contribution is -2.33. The SMILES string of the molecule is CCCCCCC(C)(CC)Nc1nccs1. The smallest absolute Gasteiger partial charge is 0.183 e. The molecule has 1 rings (SSSR count). The normalized spacial score (nSPS) is 14.7. The fourth-order valence-electron chi connectivity index (χ4n) is 1.81. The predicted octanol–water partition coefficient (Wildman–Crippen LogP) is 4.69. The molecule has 1 unspecified atom stereocenters. The lowest BCUT2D eigenvalue weighted by Gasteiger charge is -2.29. The molecule has 1 aromatic rings. The van der Waals surface area contributed by atoms with Crippen LogP contribution in [0.1, 0.15) is 59.3 Å². The van der Waals surface area contributed by atoms with Gasteiger partial charge in [-0.25, -0.2) is 4.98 Å². The van der Waals surface area contributed by atoms with Crippen molar-refractivity contribution in [2.24, 2.45) is 0 Å². The van der Waals surface area contributed by atoms with Crippen LogP contribution in [0.3, 0.4) is 0 Å². The van der Waals surface area contributed by atoms with Gasteiger partial charge in [0.1, 0.15) is 0 Å². The Kier molecular flexibility index (Phi) is 5.81. The highest BCUT2D eigenvalue weighted by atomic mass is 32.1. The molecule has 0 spiro atoms. The summed E-state index contributed by atoms with van der Waals surface area (Å²) in [6.07, 6.45) is 9.59. The molecule has 0 aliphatic rings. The van der Waals surface area contributed by atoms with E-state index in [2.05, 4.69) is 31.1 Å². The maximum absolute atomic E-state index is 4.30. The average Bonchev–Trinajstić information content (AvgIpc) is 2.77. The molecule has 1 N–H and O–H groups in total. The van der Waals surface area contributed by atoms with Gasteiger partial charge in [0.05, 0.1) is 0 Å². The lowest BCUT2D eigenvalue weighted by molar-refractivity contribution is 0.429. The van der Waals surface area contributed by atoms with E-state index in [1.807, 2.05) is 11.6 Å². The first-order valence-corrected chi connectivity index (χ1v) is 7.26. The van der Waals surface area contributed by atoms with Gasteiger partial charge in [0, 0.05) is 17.1 Å². The maximum atomic E-state index is 4.30. The highest BCUT2D eigenvalue weighted by Crippen LogP contribution is 2.25. The Bertz CT molecular complexity index is 271. The van der Waals surface area contributed by atoms with Crippen molar-refractivity contribution in [3.05, 3.63) is 11.6 Å². The van der Waals surface area contributed by atoms with Crippen LogP contribution in [-0.4, -0.2) is 10.5 Å². The second-order valence-corrected chi connectivity index (χ2v) is 5.58. The Morgan fingerprint density at radius 2 is 2.12 bits per heavy atom. The van der Waals surface area contributed by atoms with Crippen molar-refractivity contribution in [3.63, 3.8) is 0 Å². The van der Waals surface area contributed by atoms with E-state index in [1.165, 1.54) is 32.1 Å². The van der Waals surface area contributed by atoms with Gasteiger partial charge in [0.15, 0.2) is 5.13 Å². The molecule has 0 bridgehead atoms. The summed E-state index contributed by atoms with van der Waals surface area (Å²) in [6.45, 7) is 6.81. The van der Waals surface area contributed by atoms with Crippen LogP contribution in [0.25, 0.3) is 0 Å². The van der Waals surface area contributed by atoms with Gasteiger partial charge in [0.2, 0.25) is 0 Å². The van der Waals surface area contributed by atoms with Crippen molar-refractivity contribution in [3.8, 4) is 0 Å². The molecular weight excluding hydrogens is 216 g/mol. The number of unbranched alkanes of at least 4 members (excludes halogenated alkanes) is 3. The molecule has 3 heteroatoms. The van der Waals surface area contributed by atoms with Crippen LogP contribution in [0.5, 0.6) is 0 Å². The topological polar surface area (TPSA) is 24.9 Å². The van der Waals surface area contributed by atoms with Crippen LogP contribution >= 0.6 is 11.3 Å². The first kappa shape index (κ1) is 13.5. The van der Waals surface area contributed by atoms with Crippen LogP contribution < -0.4 is 5.32 Å². The standard InChI is InChI=1S/C13H24N2S/c1-4-6-7-8-9-13(3,5-2)15-12-14-10-11-16-12/h10-11H,4-9H2,1-3H3,(H,14,15). The molecule has 0 aromatic carbocycles. The van der Waals surface area contributed by atoms with E-state index < -0.39 is 0 Å². The minimum absolute atomic E-state index is 0.214. The van der Waals surface area contributed by atoms with E-state index in [-0.39, 0.29) is 5.54 Å². The van der Waals surface area contributed by atoms with Crippen molar-refractivity contribution in [1.82, 2.24) is 4.98 Å². The van der Waals surface area contributed by atoms with E-state index in [1.54, 1.807) is 11.3 Å². The largest absolute Gasteiger partial charge is 0.356 e. The number of nitrogens with zero attached hydrogens (tertiary/aromatic N) is 1. The van der Waals surface area contributed by atoms with E-state index in [4.69, 9.17) is 0 Å². The Balaban J connectivity index is 2.37. The molecule has 0 aliphatic carbocycles. The Morgan fingerprint density at radius 1 is 1.31 bits per heavy atom. The van der Waals surface area contributed by atoms with Gasteiger partial charge in [-0.3, -0.25) is 0 Å². The zero-order valence-electron chi connectivity index (χ0n) is 10.8. The van der Waals surface area contributed by atoms with Gasteiger partial charge in [-0.05, 0) is 19.8 Å². The fraction of sp³-hybridized carbons (Fsp3) is 0.769. The number of anilines is 1. The van der Waals surface area contributed by atoms with E-state index in [9.17, 15) is 0 Å². The Hall–Kier alpha value is -0.570. The summed E-state index contributed by atoms with van der Waals surface area (Å²) in [5.74, 6) is 0. The van der Waals surface area contributed by atoms with Crippen LogP contribution in [-0.2, 0) is 0 Å². The molecule has 0 saturated carbocycles. The van der Waals surface area contributed by atoms with Crippen molar-refractivity contribution >= 4 is 16.5 Å². The monoisotopic (exact) mass is 240 g/mol. The third-order valence-corrected chi connectivity index (χ3v) is 3.89. The third-order valence-electron chi connectivity index (χ3n) is 3.20. The van der Waals surface area contributed by atoms with Gasteiger partial charge in [-0.1, -0.05) is 39.5 Å². The van der Waals surface area contributed by atoms with Gasteiger partial charge >= 0.3 is 0 Å². The molecule has 1 atom stereocenters. The van der Waals surface area contributed by atoms with Gasteiger partial charge in [-0.2, -0.15) is 0 Å². The minimum Gasteiger partial charge on any atom is -0.356 e. The van der Waals surface area contributed by atoms with Crippen LogP contribution in [0.4, 0.5) is 5.13 Å². The zero-order valence-corrected chi connectivity index (χ0v) is 11.6. The molecule has 1 heterocycles. The summed E-state index contributed by atoms with van der Waals surface area (Å²) in [5.41, 5.74) is 0.214. The number of nitrogens with one attached hydrogen (secondary N) is 1. The number of aromatic nitrogens is 1. The second-order valence-electron chi connectivity index (χ2n) is 4.69. The highest BCUT2D eigenvalue weighted by molar-refractivity contribution is 7.13. The lowest BCUT2D eigenvalue weighted by atomic mass is 9.91. The molecule has 0 saturated heterocycles. The summed E-state index contributed by atoms with van der Waals surface area (Å²) in [7, 11) is 0. The fourth-order valence-corrected chi connectivity index (χ4v) is 2.49.